The topological polar surface area (TPSA) is 53.1 Å². The summed E-state index contributed by atoms with van der Waals surface area (Å²) in [6.45, 7) is 4.30. The van der Waals surface area contributed by atoms with E-state index in [1.165, 1.54) is 16.9 Å². The molecule has 5 heteroatoms. The van der Waals surface area contributed by atoms with E-state index in [1.807, 2.05) is 11.4 Å². The number of fused-ring (bicyclic) bond motifs is 3. The summed E-state index contributed by atoms with van der Waals surface area (Å²) < 4.78 is 0.675. The lowest BCUT2D eigenvalue weighted by molar-refractivity contribution is 0.282. The van der Waals surface area contributed by atoms with Crippen LogP contribution in [0.3, 0.4) is 0 Å². The molecule has 144 valence electrons. The molecule has 4 rings (SSSR count). The second kappa shape index (κ2) is 7.70. The summed E-state index contributed by atoms with van der Waals surface area (Å²) in [5.41, 5.74) is 4.51. The van der Waals surface area contributed by atoms with Gasteiger partial charge in [-0.05, 0) is 58.5 Å². The molecule has 2 N–H and O–H groups in total. The Bertz CT molecular complexity index is 1200. The number of pyridine rings is 1. The number of aromatic amines is 1. The second-order valence-electron chi connectivity index (χ2n) is 7.05. The summed E-state index contributed by atoms with van der Waals surface area (Å²) in [5.74, 6) is 0.549. The van der Waals surface area contributed by atoms with Crippen molar-refractivity contribution in [1.82, 2.24) is 4.98 Å². The predicted molar refractivity (Wildman–Crippen MR) is 120 cm³/mol. The van der Waals surface area contributed by atoms with Crippen LogP contribution in [0, 0.1) is 0 Å². The third-order valence-electron chi connectivity index (χ3n) is 5.57. The Balaban J connectivity index is 2.04. The molecule has 0 radical (unpaired) electrons. The lowest BCUT2D eigenvalue weighted by atomic mass is 9.89. The monoisotopic (exact) mass is 411 g/mol. The predicted octanol–water partition coefficient (Wildman–Crippen LogP) is 6.46. The normalized spacial score (nSPS) is 11.8. The number of hydrogen-bond donors (Lipinski definition) is 2. The maximum atomic E-state index is 12.4. The molecule has 0 spiro atoms. The van der Waals surface area contributed by atoms with Crippen LogP contribution in [-0.4, -0.2) is 10.1 Å². The van der Waals surface area contributed by atoms with Gasteiger partial charge in [-0.3, -0.25) is 4.79 Å². The van der Waals surface area contributed by atoms with E-state index < -0.39 is 0 Å². The molecule has 0 aliphatic rings. The zero-order valence-corrected chi connectivity index (χ0v) is 17.5. The number of aromatic nitrogens is 1. The Morgan fingerprint density at radius 3 is 2.50 bits per heavy atom. The van der Waals surface area contributed by atoms with Crippen LogP contribution in [0.5, 0.6) is 0 Å². The molecule has 0 fully saturated rings. The minimum atomic E-state index is -0.133. The first-order valence-corrected chi connectivity index (χ1v) is 10.8. The van der Waals surface area contributed by atoms with Gasteiger partial charge in [-0.15, -0.1) is 11.3 Å². The van der Waals surface area contributed by atoms with Crippen LogP contribution in [0.15, 0.2) is 46.6 Å². The van der Waals surface area contributed by atoms with E-state index in [9.17, 15) is 9.90 Å². The molecule has 0 unspecified atom stereocenters. The Morgan fingerprint density at radius 2 is 1.86 bits per heavy atom. The fourth-order valence-corrected chi connectivity index (χ4v) is 5.15. The smallest absolute Gasteiger partial charge is 0.266 e. The van der Waals surface area contributed by atoms with Crippen LogP contribution < -0.4 is 5.56 Å². The number of hydrogen-bond acceptors (Lipinski definition) is 3. The third-order valence-corrected chi connectivity index (χ3v) is 6.78. The lowest BCUT2D eigenvalue weighted by Crippen LogP contribution is -2.06. The number of benzene rings is 2. The molecule has 2 heterocycles. The summed E-state index contributed by atoms with van der Waals surface area (Å²) in [5, 5.41) is 14.2. The first-order chi connectivity index (χ1) is 13.6. The standard InChI is InChI=1S/C23H22ClNO2S/c1-3-13(4-2)14-5-7-15(8-6-14)19-16(12-26)11-18(24)21-20(19)17-9-10-28-22(17)23(27)25-21/h5-11,13,26H,3-4,12H2,1-2H3,(H,25,27). The first kappa shape index (κ1) is 19.2. The fourth-order valence-electron chi connectivity index (χ4n) is 4.08. The van der Waals surface area contributed by atoms with Crippen molar-refractivity contribution >= 4 is 43.9 Å². The van der Waals surface area contributed by atoms with Gasteiger partial charge in [-0.1, -0.05) is 49.7 Å². The van der Waals surface area contributed by atoms with Crippen molar-refractivity contribution in [1.29, 1.82) is 0 Å². The highest BCUT2D eigenvalue weighted by molar-refractivity contribution is 7.17. The molecular formula is C23H22ClNO2S. The maximum Gasteiger partial charge on any atom is 0.266 e. The molecule has 0 saturated carbocycles. The van der Waals surface area contributed by atoms with Crippen LogP contribution in [0.1, 0.15) is 43.7 Å². The van der Waals surface area contributed by atoms with E-state index in [4.69, 9.17) is 11.6 Å². The number of halogens is 1. The molecule has 0 aliphatic carbocycles. The highest BCUT2D eigenvalue weighted by Crippen LogP contribution is 2.40. The summed E-state index contributed by atoms with van der Waals surface area (Å²) in [7, 11) is 0. The molecule has 0 amide bonds. The minimum absolute atomic E-state index is 0.121. The molecule has 0 saturated heterocycles. The van der Waals surface area contributed by atoms with Crippen LogP contribution in [0.2, 0.25) is 5.02 Å². The van der Waals surface area contributed by atoms with Crippen LogP contribution in [-0.2, 0) is 6.61 Å². The summed E-state index contributed by atoms with van der Waals surface area (Å²) in [6.07, 6.45) is 2.22. The SMILES string of the molecule is CCC(CC)c1ccc(-c2c(CO)cc(Cl)c3[nH]c(=O)c4sccc4c23)cc1. The number of thiophene rings is 1. The molecule has 28 heavy (non-hydrogen) atoms. The van der Waals surface area contributed by atoms with Crippen molar-refractivity contribution in [3.63, 3.8) is 0 Å². The van der Waals surface area contributed by atoms with Gasteiger partial charge in [0.15, 0.2) is 0 Å². The van der Waals surface area contributed by atoms with Gasteiger partial charge in [0.05, 0.1) is 17.1 Å². The van der Waals surface area contributed by atoms with Gasteiger partial charge in [-0.25, -0.2) is 0 Å². The Hall–Kier alpha value is -2.14. The first-order valence-electron chi connectivity index (χ1n) is 9.54. The van der Waals surface area contributed by atoms with Gasteiger partial charge in [0.25, 0.3) is 5.56 Å². The van der Waals surface area contributed by atoms with Gasteiger partial charge in [-0.2, -0.15) is 0 Å². The molecular weight excluding hydrogens is 390 g/mol. The molecule has 0 bridgehead atoms. The molecule has 0 aliphatic heterocycles. The zero-order valence-electron chi connectivity index (χ0n) is 15.9. The van der Waals surface area contributed by atoms with E-state index in [0.29, 0.717) is 21.2 Å². The highest BCUT2D eigenvalue weighted by Gasteiger charge is 2.18. The van der Waals surface area contributed by atoms with E-state index in [0.717, 1.165) is 40.3 Å². The van der Waals surface area contributed by atoms with Gasteiger partial charge in [0.1, 0.15) is 4.70 Å². The summed E-state index contributed by atoms with van der Waals surface area (Å²) in [4.78, 5) is 15.4. The Morgan fingerprint density at radius 1 is 1.14 bits per heavy atom. The quantitative estimate of drug-likeness (QED) is 0.396. The number of aliphatic hydroxyl groups is 1. The molecule has 4 aromatic rings. The van der Waals surface area contributed by atoms with Crippen molar-refractivity contribution in [2.75, 3.05) is 0 Å². The largest absolute Gasteiger partial charge is 0.392 e. The molecule has 0 atom stereocenters. The second-order valence-corrected chi connectivity index (χ2v) is 8.38. The molecule has 3 nitrogen and oxygen atoms in total. The fraction of sp³-hybridized carbons (Fsp3) is 0.261. The Kier molecular flexibility index (Phi) is 5.28. The van der Waals surface area contributed by atoms with Crippen molar-refractivity contribution in [2.24, 2.45) is 0 Å². The third kappa shape index (κ3) is 3.06. The lowest BCUT2D eigenvalue weighted by Gasteiger charge is -2.17. The van der Waals surface area contributed by atoms with Gasteiger partial charge < -0.3 is 10.1 Å². The average Bonchev–Trinajstić information content (AvgIpc) is 3.21. The zero-order chi connectivity index (χ0) is 19.8. The maximum absolute atomic E-state index is 12.4. The Labute approximate surface area is 172 Å². The number of H-pyrrole nitrogens is 1. The van der Waals surface area contributed by atoms with Gasteiger partial charge in [0.2, 0.25) is 0 Å². The highest BCUT2D eigenvalue weighted by atomic mass is 35.5. The van der Waals surface area contributed by atoms with Crippen molar-refractivity contribution in [3.05, 3.63) is 68.3 Å². The molecule has 2 aromatic heterocycles. The van der Waals surface area contributed by atoms with Crippen LogP contribution in [0.25, 0.3) is 32.1 Å². The number of nitrogens with one attached hydrogen (secondary N) is 1. The van der Waals surface area contributed by atoms with Crippen molar-refractivity contribution < 1.29 is 5.11 Å². The van der Waals surface area contributed by atoms with Crippen molar-refractivity contribution in [2.45, 2.75) is 39.2 Å². The van der Waals surface area contributed by atoms with Gasteiger partial charge >= 0.3 is 0 Å². The van der Waals surface area contributed by atoms with E-state index in [1.54, 1.807) is 6.07 Å². The number of rotatable bonds is 5. The molecule has 2 aromatic carbocycles. The minimum Gasteiger partial charge on any atom is -0.392 e. The van der Waals surface area contributed by atoms with Crippen molar-refractivity contribution in [3.8, 4) is 11.1 Å². The van der Waals surface area contributed by atoms with E-state index in [2.05, 4.69) is 43.1 Å². The number of aliphatic hydroxyl groups excluding tert-OH is 1. The van der Waals surface area contributed by atoms with Gasteiger partial charge in [0, 0.05) is 10.8 Å². The van der Waals surface area contributed by atoms with E-state index >= 15 is 0 Å². The van der Waals surface area contributed by atoms with E-state index in [-0.39, 0.29) is 12.2 Å². The summed E-state index contributed by atoms with van der Waals surface area (Å²) >= 11 is 7.88. The average molecular weight is 412 g/mol. The van der Waals surface area contributed by atoms with Crippen LogP contribution >= 0.6 is 22.9 Å². The summed E-state index contributed by atoms with van der Waals surface area (Å²) in [6, 6.07) is 12.3. The van der Waals surface area contributed by atoms with Crippen LogP contribution in [0.4, 0.5) is 0 Å².